The first-order valence-electron chi connectivity index (χ1n) is 6.37. The molecule has 2 rings (SSSR count). The Morgan fingerprint density at radius 1 is 1.40 bits per heavy atom. The minimum atomic E-state index is -4.13. The van der Waals surface area contributed by atoms with Crippen LogP contribution in [0.25, 0.3) is 0 Å². The zero-order valence-corrected chi connectivity index (χ0v) is 11.5. The molecular weight excluding hydrogens is 289 g/mol. The van der Waals surface area contributed by atoms with Crippen LogP contribution in [-0.2, 0) is 6.54 Å². The van der Waals surface area contributed by atoms with E-state index in [0.29, 0.717) is 30.1 Å². The van der Waals surface area contributed by atoms with E-state index in [1.807, 2.05) is 6.07 Å². The molecule has 1 fully saturated rings. The van der Waals surface area contributed by atoms with E-state index in [4.69, 9.17) is 16.9 Å². The monoisotopic (exact) mass is 302 g/mol. The quantitative estimate of drug-likeness (QED) is 0.826. The van der Waals surface area contributed by atoms with Crippen molar-refractivity contribution in [2.45, 2.75) is 25.6 Å². The molecule has 1 atom stereocenters. The lowest BCUT2D eigenvalue weighted by Gasteiger charge is -2.33. The second-order valence-corrected chi connectivity index (χ2v) is 5.44. The molecule has 0 radical (unpaired) electrons. The van der Waals surface area contributed by atoms with Crippen molar-refractivity contribution in [2.75, 3.05) is 13.1 Å². The number of hydrogen-bond acceptors (Lipinski definition) is 2. The number of nitriles is 1. The topological polar surface area (TPSA) is 27.0 Å². The summed E-state index contributed by atoms with van der Waals surface area (Å²) in [5.74, 6) is -1.26. The van der Waals surface area contributed by atoms with Crippen molar-refractivity contribution in [3.05, 3.63) is 34.3 Å². The van der Waals surface area contributed by atoms with E-state index < -0.39 is 12.1 Å². The van der Waals surface area contributed by atoms with Crippen LogP contribution in [0.5, 0.6) is 0 Å². The van der Waals surface area contributed by atoms with Gasteiger partial charge in [0.1, 0.15) is 0 Å². The lowest BCUT2D eigenvalue weighted by molar-refractivity contribution is -0.187. The first-order chi connectivity index (χ1) is 9.40. The lowest BCUT2D eigenvalue weighted by atomic mass is 9.97. The van der Waals surface area contributed by atoms with Crippen molar-refractivity contribution in [3.8, 4) is 6.07 Å². The molecule has 0 N–H and O–H groups in total. The Hall–Kier alpha value is -1.25. The second-order valence-electron chi connectivity index (χ2n) is 5.03. The Balaban J connectivity index is 2.05. The van der Waals surface area contributed by atoms with Crippen LogP contribution >= 0.6 is 11.6 Å². The zero-order chi connectivity index (χ0) is 14.8. The number of halogens is 4. The van der Waals surface area contributed by atoms with Gasteiger partial charge in [0.05, 0.1) is 17.6 Å². The summed E-state index contributed by atoms with van der Waals surface area (Å²) in [6, 6.07) is 6.86. The van der Waals surface area contributed by atoms with Crippen molar-refractivity contribution in [2.24, 2.45) is 5.92 Å². The number of benzene rings is 1. The van der Waals surface area contributed by atoms with Crippen molar-refractivity contribution in [1.29, 1.82) is 5.26 Å². The smallest absolute Gasteiger partial charge is 0.298 e. The highest BCUT2D eigenvalue weighted by atomic mass is 35.5. The van der Waals surface area contributed by atoms with Gasteiger partial charge >= 0.3 is 6.18 Å². The summed E-state index contributed by atoms with van der Waals surface area (Å²) < 4.78 is 38.2. The molecule has 1 aromatic carbocycles. The van der Waals surface area contributed by atoms with Gasteiger partial charge in [-0.1, -0.05) is 17.7 Å². The molecule has 1 aliphatic heterocycles. The summed E-state index contributed by atoms with van der Waals surface area (Å²) in [6.45, 7) is 1.04. The molecule has 20 heavy (non-hydrogen) atoms. The summed E-state index contributed by atoms with van der Waals surface area (Å²) in [5, 5.41) is 9.18. The Morgan fingerprint density at radius 2 is 2.15 bits per heavy atom. The molecule has 1 unspecified atom stereocenters. The third-order valence-corrected chi connectivity index (χ3v) is 3.90. The summed E-state index contributed by atoms with van der Waals surface area (Å²) in [7, 11) is 0. The van der Waals surface area contributed by atoms with Gasteiger partial charge in [-0.15, -0.1) is 0 Å². The molecule has 0 spiro atoms. The summed E-state index contributed by atoms with van der Waals surface area (Å²) in [6.07, 6.45) is -3.40. The van der Waals surface area contributed by atoms with E-state index in [1.54, 1.807) is 23.1 Å². The fourth-order valence-corrected chi connectivity index (χ4v) is 2.69. The Morgan fingerprint density at radius 3 is 2.75 bits per heavy atom. The Bertz CT molecular complexity index is 522. The van der Waals surface area contributed by atoms with E-state index >= 15 is 0 Å². The van der Waals surface area contributed by atoms with Gasteiger partial charge in [0.2, 0.25) is 0 Å². The number of nitrogens with zero attached hydrogens (tertiary/aromatic N) is 2. The van der Waals surface area contributed by atoms with Gasteiger partial charge < -0.3 is 0 Å². The van der Waals surface area contributed by atoms with Crippen LogP contribution in [0.15, 0.2) is 18.2 Å². The fourth-order valence-electron chi connectivity index (χ4n) is 2.45. The fraction of sp³-hybridized carbons (Fsp3) is 0.500. The molecule has 0 bridgehead atoms. The van der Waals surface area contributed by atoms with E-state index in [1.165, 1.54) is 0 Å². The van der Waals surface area contributed by atoms with Crippen molar-refractivity contribution in [3.63, 3.8) is 0 Å². The molecule has 1 aliphatic rings. The average Bonchev–Trinajstić information content (AvgIpc) is 2.40. The van der Waals surface area contributed by atoms with Crippen molar-refractivity contribution >= 4 is 11.6 Å². The molecular formula is C14H14ClF3N2. The molecule has 1 heterocycles. The Labute approximate surface area is 120 Å². The van der Waals surface area contributed by atoms with E-state index in [9.17, 15) is 13.2 Å². The maximum Gasteiger partial charge on any atom is 0.393 e. The van der Waals surface area contributed by atoms with Crippen LogP contribution in [0.2, 0.25) is 5.02 Å². The average molecular weight is 303 g/mol. The molecule has 1 aromatic rings. The predicted octanol–water partition coefficient (Wildman–Crippen LogP) is 3.99. The minimum absolute atomic E-state index is 0.0137. The number of piperidine rings is 1. The van der Waals surface area contributed by atoms with Crippen molar-refractivity contribution < 1.29 is 13.2 Å². The number of rotatable bonds is 2. The maximum atomic E-state index is 12.7. The van der Waals surface area contributed by atoms with Gasteiger partial charge in [0.25, 0.3) is 0 Å². The van der Waals surface area contributed by atoms with Gasteiger partial charge in [-0.25, -0.2) is 0 Å². The number of alkyl halides is 3. The van der Waals surface area contributed by atoms with Gasteiger partial charge in [0, 0.05) is 18.1 Å². The molecule has 0 saturated carbocycles. The van der Waals surface area contributed by atoms with Crippen LogP contribution in [0.3, 0.4) is 0 Å². The maximum absolute atomic E-state index is 12.7. The minimum Gasteiger partial charge on any atom is -0.298 e. The van der Waals surface area contributed by atoms with Crippen molar-refractivity contribution in [1.82, 2.24) is 4.90 Å². The van der Waals surface area contributed by atoms with E-state index in [2.05, 4.69) is 0 Å². The highest BCUT2D eigenvalue weighted by Gasteiger charge is 2.41. The molecule has 0 amide bonds. The van der Waals surface area contributed by atoms with Gasteiger partial charge in [-0.3, -0.25) is 4.90 Å². The molecule has 0 aromatic heterocycles. The zero-order valence-electron chi connectivity index (χ0n) is 10.8. The molecule has 108 valence electrons. The first-order valence-corrected chi connectivity index (χ1v) is 6.75. The lowest BCUT2D eigenvalue weighted by Crippen LogP contribution is -2.41. The van der Waals surface area contributed by atoms with E-state index in [0.717, 1.165) is 5.56 Å². The van der Waals surface area contributed by atoms with Crippen LogP contribution in [0.1, 0.15) is 24.0 Å². The SMILES string of the molecule is N#Cc1ccc(CN2CCCC(C(F)(F)F)C2)c(Cl)c1. The third-order valence-electron chi connectivity index (χ3n) is 3.54. The Kier molecular flexibility index (Phi) is 4.56. The molecule has 1 saturated heterocycles. The third kappa shape index (κ3) is 3.65. The first kappa shape index (κ1) is 15.1. The van der Waals surface area contributed by atoms with Crippen LogP contribution in [0, 0.1) is 17.2 Å². The molecule has 2 nitrogen and oxygen atoms in total. The predicted molar refractivity (Wildman–Crippen MR) is 70.2 cm³/mol. The number of likely N-dealkylation sites (tertiary alicyclic amines) is 1. The normalized spacial score (nSPS) is 20.6. The van der Waals surface area contributed by atoms with Gasteiger partial charge in [-0.05, 0) is 37.1 Å². The summed E-state index contributed by atoms with van der Waals surface area (Å²) >= 11 is 6.05. The highest BCUT2D eigenvalue weighted by molar-refractivity contribution is 6.31. The van der Waals surface area contributed by atoms with Crippen LogP contribution < -0.4 is 0 Å². The molecule has 0 aliphatic carbocycles. The number of hydrogen-bond donors (Lipinski definition) is 0. The summed E-state index contributed by atoms with van der Waals surface area (Å²) in [4.78, 5) is 1.77. The molecule has 6 heteroatoms. The van der Waals surface area contributed by atoms with Crippen LogP contribution in [-0.4, -0.2) is 24.2 Å². The largest absolute Gasteiger partial charge is 0.393 e. The van der Waals surface area contributed by atoms with Gasteiger partial charge in [-0.2, -0.15) is 18.4 Å². The highest BCUT2D eigenvalue weighted by Crippen LogP contribution is 2.34. The second kappa shape index (κ2) is 6.02. The summed E-state index contributed by atoms with van der Waals surface area (Å²) in [5.41, 5.74) is 1.21. The standard InChI is InChI=1S/C14H14ClF3N2/c15-13-6-10(7-19)3-4-11(13)8-20-5-1-2-12(9-20)14(16,17)18/h3-4,6,12H,1-2,5,8-9H2. The van der Waals surface area contributed by atoms with Crippen LogP contribution in [0.4, 0.5) is 13.2 Å². The van der Waals surface area contributed by atoms with Gasteiger partial charge in [0.15, 0.2) is 0 Å². The van der Waals surface area contributed by atoms with E-state index in [-0.39, 0.29) is 13.0 Å².